The molecule has 14 nitrogen and oxygen atoms in total. The molecule has 5 atom stereocenters. The molecule has 0 aliphatic carbocycles. The summed E-state index contributed by atoms with van der Waals surface area (Å²) >= 11 is 0. The minimum Gasteiger partial charge on any atom is -0.508 e. The van der Waals surface area contributed by atoms with E-state index in [1.54, 1.807) is 12.1 Å². The first-order valence-electron chi connectivity index (χ1n) is 14.8. The maximum Gasteiger partial charge on any atom is 0.276 e. The van der Waals surface area contributed by atoms with Gasteiger partial charge in [0.05, 0.1) is 34.3 Å². The number of benzene rings is 4. The number of hydrogen-bond donors (Lipinski definition) is 8. The molecule has 14 heteroatoms. The third-order valence-electron chi connectivity index (χ3n) is 8.85. The van der Waals surface area contributed by atoms with Gasteiger partial charge in [-0.2, -0.15) is 4.73 Å². The maximum absolute atomic E-state index is 14.3. The molecule has 1 saturated heterocycles. The van der Waals surface area contributed by atoms with Crippen LogP contribution in [-0.2, 0) is 11.3 Å². The Morgan fingerprint density at radius 1 is 0.830 bits per heavy atom. The van der Waals surface area contributed by atoms with Crippen molar-refractivity contribution in [3.63, 3.8) is 0 Å². The molecule has 2 amide bonds. The number of carbonyl (C=O) groups excluding carboxylic acids is 2. The molecule has 8 N–H and O–H groups in total. The minimum absolute atomic E-state index is 0.0477. The normalized spacial score (nSPS) is 23.1. The number of aliphatic hydroxyl groups is 4. The van der Waals surface area contributed by atoms with Gasteiger partial charge in [0, 0.05) is 40.2 Å². The standard InChI is InChI=1S/C33H28N4O10/c38-13-21-28(41)29(42)30(43)33(46-21)47-37-20-11-16(40)7-9-18(20)23-25-24(22-17-8-6-15(39)10-19(17)35-26(22)27(23)37)31(44)36(32(25)45)34-12-14-4-2-1-3-5-14/h1-11,21,28-30,33-35,38-43H,12-13H2/t21-,28-,29+,30-,33+/m1/s1. The van der Waals surface area contributed by atoms with Gasteiger partial charge in [0.15, 0.2) is 0 Å². The number of ether oxygens (including phenoxy) is 1. The lowest BCUT2D eigenvalue weighted by Crippen LogP contribution is -2.61. The second-order valence-electron chi connectivity index (χ2n) is 11.6. The van der Waals surface area contributed by atoms with Crippen molar-refractivity contribution in [1.82, 2.24) is 20.1 Å². The van der Waals surface area contributed by atoms with E-state index in [0.29, 0.717) is 27.2 Å². The first-order valence-corrected chi connectivity index (χ1v) is 14.8. The third kappa shape index (κ3) is 4.27. The van der Waals surface area contributed by atoms with Crippen LogP contribution in [0.4, 0.5) is 0 Å². The fourth-order valence-corrected chi connectivity index (χ4v) is 6.62. The fraction of sp³-hybridized carbons (Fsp3) is 0.212. The Balaban J connectivity index is 1.40. The molecule has 0 bridgehead atoms. The number of imide groups is 1. The van der Waals surface area contributed by atoms with Gasteiger partial charge in [-0.1, -0.05) is 30.3 Å². The van der Waals surface area contributed by atoms with Crippen molar-refractivity contribution < 1.29 is 49.8 Å². The number of amides is 2. The lowest BCUT2D eigenvalue weighted by atomic mass is 9.96. The van der Waals surface area contributed by atoms with Gasteiger partial charge in [-0.15, -0.1) is 0 Å². The van der Waals surface area contributed by atoms with Crippen LogP contribution in [0.5, 0.6) is 11.5 Å². The molecule has 2 aliphatic heterocycles. The molecule has 2 aromatic heterocycles. The quantitative estimate of drug-likeness (QED) is 0.122. The van der Waals surface area contributed by atoms with Crippen molar-refractivity contribution >= 4 is 55.4 Å². The Hall–Kier alpha value is -5.22. The van der Waals surface area contributed by atoms with E-state index in [9.17, 15) is 40.2 Å². The molecule has 4 aromatic carbocycles. The minimum atomic E-state index is -1.77. The number of hydrazine groups is 1. The molecule has 8 rings (SSSR count). The number of nitrogens with one attached hydrogen (secondary N) is 2. The number of phenolic OH excluding ortho intramolecular Hbond substituents is 2. The summed E-state index contributed by atoms with van der Waals surface area (Å²) in [5.74, 6) is -1.45. The van der Waals surface area contributed by atoms with Crippen molar-refractivity contribution in [3.8, 4) is 11.5 Å². The molecule has 240 valence electrons. The van der Waals surface area contributed by atoms with Gasteiger partial charge < -0.3 is 45.2 Å². The van der Waals surface area contributed by atoms with Crippen LogP contribution < -0.4 is 10.3 Å². The van der Waals surface area contributed by atoms with E-state index in [1.807, 2.05) is 30.3 Å². The zero-order valence-corrected chi connectivity index (χ0v) is 24.4. The van der Waals surface area contributed by atoms with Crippen LogP contribution in [0, 0.1) is 0 Å². The van der Waals surface area contributed by atoms with Gasteiger partial charge in [0.25, 0.3) is 18.1 Å². The molecule has 1 fully saturated rings. The highest BCUT2D eigenvalue weighted by molar-refractivity contribution is 6.39. The Kier molecular flexibility index (Phi) is 6.63. The average molecular weight is 641 g/mol. The summed E-state index contributed by atoms with van der Waals surface area (Å²) in [7, 11) is 0. The van der Waals surface area contributed by atoms with Gasteiger partial charge in [-0.3, -0.25) is 9.59 Å². The number of carbonyl (C=O) groups is 2. The summed E-state index contributed by atoms with van der Waals surface area (Å²) < 4.78 is 6.86. The molecule has 0 radical (unpaired) electrons. The summed E-state index contributed by atoms with van der Waals surface area (Å²) in [4.78, 5) is 37.8. The number of aliphatic hydroxyl groups excluding tert-OH is 4. The summed E-state index contributed by atoms with van der Waals surface area (Å²) in [6.45, 7) is -0.513. The number of hydrogen-bond acceptors (Lipinski definition) is 11. The monoisotopic (exact) mass is 640 g/mol. The predicted octanol–water partition coefficient (Wildman–Crippen LogP) is 1.37. The smallest absolute Gasteiger partial charge is 0.276 e. The topological polar surface area (TPSA) is 210 Å². The number of aromatic amines is 1. The second-order valence-corrected chi connectivity index (χ2v) is 11.6. The molecule has 0 saturated carbocycles. The molecule has 2 aliphatic rings. The SMILES string of the molecule is O=C1c2c(c3c4ccc(O)cc4n(O[C@@H]4O[C@H](CO)[C@@H](O)[C@H](O)[C@H]4O)c3c3[nH]c4cc(O)ccc4c23)C(=O)N1NCc1ccccc1. The van der Waals surface area contributed by atoms with Crippen molar-refractivity contribution in [2.45, 2.75) is 37.3 Å². The van der Waals surface area contributed by atoms with Crippen LogP contribution in [0.1, 0.15) is 26.3 Å². The maximum atomic E-state index is 14.3. The number of phenols is 2. The Morgan fingerprint density at radius 3 is 2.23 bits per heavy atom. The first kappa shape index (κ1) is 29.2. The van der Waals surface area contributed by atoms with Crippen molar-refractivity contribution in [2.75, 3.05) is 6.61 Å². The third-order valence-corrected chi connectivity index (χ3v) is 8.85. The van der Waals surface area contributed by atoms with Crippen molar-refractivity contribution in [1.29, 1.82) is 0 Å². The van der Waals surface area contributed by atoms with E-state index in [4.69, 9.17) is 9.57 Å². The first-order chi connectivity index (χ1) is 22.7. The van der Waals surface area contributed by atoms with Crippen molar-refractivity contribution in [2.24, 2.45) is 0 Å². The zero-order valence-electron chi connectivity index (χ0n) is 24.4. The number of nitrogens with zero attached hydrogens (tertiary/aromatic N) is 2. The van der Waals surface area contributed by atoms with Gasteiger partial charge in [-0.25, -0.2) is 10.4 Å². The van der Waals surface area contributed by atoms with E-state index in [0.717, 1.165) is 10.6 Å². The number of fused-ring (bicyclic) bond motifs is 10. The number of aromatic nitrogens is 2. The highest BCUT2D eigenvalue weighted by Crippen LogP contribution is 2.45. The summed E-state index contributed by atoms with van der Waals surface area (Å²) in [5, 5.41) is 64.7. The Bertz CT molecular complexity index is 2250. The van der Waals surface area contributed by atoms with Crippen LogP contribution in [0.2, 0.25) is 0 Å². The summed E-state index contributed by atoms with van der Waals surface area (Å²) in [6, 6.07) is 18.1. The second kappa shape index (κ2) is 10.7. The molecule has 0 unspecified atom stereocenters. The van der Waals surface area contributed by atoms with Crippen LogP contribution in [0.15, 0.2) is 66.7 Å². The van der Waals surface area contributed by atoms with Crippen LogP contribution >= 0.6 is 0 Å². The number of rotatable bonds is 6. The highest BCUT2D eigenvalue weighted by Gasteiger charge is 2.46. The van der Waals surface area contributed by atoms with Gasteiger partial charge in [0.1, 0.15) is 41.4 Å². The van der Waals surface area contributed by atoms with Crippen LogP contribution in [0.25, 0.3) is 43.6 Å². The number of aromatic hydroxyl groups is 2. The number of H-pyrrole nitrogens is 1. The largest absolute Gasteiger partial charge is 0.508 e. The molecular formula is C33H28N4O10. The van der Waals surface area contributed by atoms with Crippen LogP contribution in [0.3, 0.4) is 0 Å². The lowest BCUT2D eigenvalue weighted by molar-refractivity contribution is -0.298. The highest BCUT2D eigenvalue weighted by atomic mass is 16.8. The predicted molar refractivity (Wildman–Crippen MR) is 166 cm³/mol. The molecule has 4 heterocycles. The fourth-order valence-electron chi connectivity index (χ4n) is 6.62. The molecular weight excluding hydrogens is 612 g/mol. The Labute approximate surface area is 264 Å². The molecule has 47 heavy (non-hydrogen) atoms. The summed E-state index contributed by atoms with van der Waals surface area (Å²) in [5.41, 5.74) is 5.15. The van der Waals surface area contributed by atoms with E-state index >= 15 is 0 Å². The summed E-state index contributed by atoms with van der Waals surface area (Å²) in [6.07, 6.45) is -8.06. The zero-order chi connectivity index (χ0) is 32.7. The Morgan fingerprint density at radius 2 is 1.51 bits per heavy atom. The van der Waals surface area contributed by atoms with Gasteiger partial charge in [-0.05, 0) is 29.8 Å². The van der Waals surface area contributed by atoms with E-state index in [1.165, 1.54) is 29.0 Å². The lowest BCUT2D eigenvalue weighted by Gasteiger charge is -2.39. The van der Waals surface area contributed by atoms with E-state index in [-0.39, 0.29) is 45.6 Å². The average Bonchev–Trinajstić information content (AvgIpc) is 3.67. The van der Waals surface area contributed by atoms with Crippen LogP contribution in [-0.4, -0.2) is 94.5 Å². The molecule has 0 spiro atoms. The van der Waals surface area contributed by atoms with E-state index < -0.39 is 49.1 Å². The van der Waals surface area contributed by atoms with E-state index in [2.05, 4.69) is 10.4 Å². The van der Waals surface area contributed by atoms with Crippen molar-refractivity contribution in [3.05, 3.63) is 83.4 Å². The van der Waals surface area contributed by atoms with Gasteiger partial charge >= 0.3 is 0 Å². The molecule has 6 aromatic rings. The van der Waals surface area contributed by atoms with Gasteiger partial charge in [0.2, 0.25) is 0 Å².